The van der Waals surface area contributed by atoms with Gasteiger partial charge in [0.05, 0.1) is 29.4 Å². The van der Waals surface area contributed by atoms with E-state index in [4.69, 9.17) is 14.0 Å². The summed E-state index contributed by atoms with van der Waals surface area (Å²) in [5.74, 6) is 0. The Bertz CT molecular complexity index is 510. The zero-order chi connectivity index (χ0) is 15.3. The van der Waals surface area contributed by atoms with E-state index in [-0.39, 0.29) is 11.2 Å². The minimum Gasteiger partial charge on any atom is -0.398 e. The maximum Gasteiger partial charge on any atom is 0.516 e. The Balaban J connectivity index is 1.81. The Labute approximate surface area is 134 Å². The van der Waals surface area contributed by atoms with Crippen molar-refractivity contribution in [1.82, 2.24) is 9.55 Å². The Kier molecular flexibility index (Phi) is 3.97. The number of ether oxygens (including phenoxy) is 1. The van der Waals surface area contributed by atoms with E-state index in [9.17, 15) is 0 Å². The van der Waals surface area contributed by atoms with E-state index in [1.165, 1.54) is 0 Å². The molecule has 0 amide bonds. The van der Waals surface area contributed by atoms with Crippen LogP contribution < -0.4 is 5.59 Å². The van der Waals surface area contributed by atoms with Gasteiger partial charge in [0, 0.05) is 12.8 Å². The monoisotopic (exact) mass is 356 g/mol. The van der Waals surface area contributed by atoms with Gasteiger partial charge in [-0.2, -0.15) is 0 Å². The number of halogens is 1. The van der Waals surface area contributed by atoms with E-state index in [1.807, 2.05) is 33.9 Å². The highest BCUT2D eigenvalue weighted by atomic mass is 79.9. The lowest BCUT2D eigenvalue weighted by Crippen LogP contribution is -2.41. The van der Waals surface area contributed by atoms with Crippen LogP contribution in [0.4, 0.5) is 0 Å². The van der Waals surface area contributed by atoms with Crippen molar-refractivity contribution < 1.29 is 14.0 Å². The first-order valence-electron chi connectivity index (χ1n) is 7.48. The van der Waals surface area contributed by atoms with Crippen LogP contribution in [0.25, 0.3) is 0 Å². The molecule has 2 aliphatic rings. The molecule has 1 aromatic heterocycles. The Morgan fingerprint density at radius 2 is 1.95 bits per heavy atom. The Morgan fingerprint density at radius 3 is 2.52 bits per heavy atom. The molecule has 1 atom stereocenters. The summed E-state index contributed by atoms with van der Waals surface area (Å²) >= 11 is 3.54. The molecule has 116 valence electrons. The van der Waals surface area contributed by atoms with E-state index in [0.29, 0.717) is 6.04 Å². The molecule has 0 saturated carbocycles. The molecule has 0 aromatic carbocycles. The second-order valence-corrected chi connectivity index (χ2v) is 7.51. The number of rotatable bonds is 2. The SMILES string of the molecule is CC1(C)OB(c2cn(C3CCCOC3)c(Br)n2)OC1(C)C. The lowest BCUT2D eigenvalue weighted by Gasteiger charge is -2.32. The molecule has 0 radical (unpaired) electrons. The molecular weight excluding hydrogens is 335 g/mol. The third-order valence-electron chi connectivity index (χ3n) is 4.73. The zero-order valence-electron chi connectivity index (χ0n) is 13.1. The van der Waals surface area contributed by atoms with Crippen LogP contribution in [0, 0.1) is 0 Å². The van der Waals surface area contributed by atoms with E-state index in [0.717, 1.165) is 36.4 Å². The van der Waals surface area contributed by atoms with Gasteiger partial charge in [-0.1, -0.05) is 0 Å². The Morgan fingerprint density at radius 1 is 1.29 bits per heavy atom. The quantitative estimate of drug-likeness (QED) is 0.763. The maximum absolute atomic E-state index is 6.06. The average Bonchev–Trinajstić information content (AvgIpc) is 2.89. The highest BCUT2D eigenvalue weighted by Crippen LogP contribution is 2.36. The molecule has 21 heavy (non-hydrogen) atoms. The number of aromatic nitrogens is 2. The van der Waals surface area contributed by atoms with Gasteiger partial charge in [-0.3, -0.25) is 0 Å². The molecule has 0 N–H and O–H groups in total. The van der Waals surface area contributed by atoms with Crippen molar-refractivity contribution in [3.05, 3.63) is 10.9 Å². The minimum absolute atomic E-state index is 0.330. The summed E-state index contributed by atoms with van der Waals surface area (Å²) in [6.45, 7) is 9.79. The van der Waals surface area contributed by atoms with Crippen molar-refractivity contribution in [2.24, 2.45) is 0 Å². The third kappa shape index (κ3) is 2.81. The van der Waals surface area contributed by atoms with E-state index in [2.05, 4.69) is 25.5 Å². The number of imidazole rings is 1. The fourth-order valence-corrected chi connectivity index (χ4v) is 3.26. The molecular formula is C14H22BBrN2O3. The third-order valence-corrected chi connectivity index (χ3v) is 5.32. The van der Waals surface area contributed by atoms with Gasteiger partial charge in [0.25, 0.3) is 0 Å². The molecule has 2 aliphatic heterocycles. The number of hydrogen-bond donors (Lipinski definition) is 0. The Hall–Kier alpha value is -0.365. The van der Waals surface area contributed by atoms with Gasteiger partial charge in [0.2, 0.25) is 0 Å². The smallest absolute Gasteiger partial charge is 0.398 e. The summed E-state index contributed by atoms with van der Waals surface area (Å²) < 4.78 is 20.6. The molecule has 3 rings (SSSR count). The predicted octanol–water partition coefficient (Wildman–Crippen LogP) is 2.30. The van der Waals surface area contributed by atoms with Crippen molar-refractivity contribution in [2.75, 3.05) is 13.2 Å². The van der Waals surface area contributed by atoms with Gasteiger partial charge >= 0.3 is 7.12 Å². The molecule has 3 heterocycles. The fourth-order valence-electron chi connectivity index (χ4n) is 2.67. The van der Waals surface area contributed by atoms with Gasteiger partial charge in [0.15, 0.2) is 4.73 Å². The van der Waals surface area contributed by atoms with Crippen molar-refractivity contribution in [2.45, 2.75) is 57.8 Å². The summed E-state index contributed by atoms with van der Waals surface area (Å²) in [4.78, 5) is 4.57. The van der Waals surface area contributed by atoms with Crippen LogP contribution in [0.3, 0.4) is 0 Å². The van der Waals surface area contributed by atoms with E-state index >= 15 is 0 Å². The minimum atomic E-state index is -0.419. The number of nitrogens with zero attached hydrogens (tertiary/aromatic N) is 2. The van der Waals surface area contributed by atoms with Crippen molar-refractivity contribution >= 4 is 28.6 Å². The largest absolute Gasteiger partial charge is 0.516 e. The summed E-state index contributed by atoms with van der Waals surface area (Å²) in [5, 5.41) is 0. The molecule has 1 unspecified atom stereocenters. The van der Waals surface area contributed by atoms with E-state index in [1.54, 1.807) is 0 Å². The lowest BCUT2D eigenvalue weighted by molar-refractivity contribution is 0.00578. The molecule has 2 saturated heterocycles. The van der Waals surface area contributed by atoms with Crippen molar-refractivity contribution in [1.29, 1.82) is 0 Å². The van der Waals surface area contributed by atoms with Gasteiger partial charge in [-0.25, -0.2) is 4.98 Å². The topological polar surface area (TPSA) is 45.5 Å². The van der Waals surface area contributed by atoms with Crippen molar-refractivity contribution in [3.8, 4) is 0 Å². The lowest BCUT2D eigenvalue weighted by atomic mass is 9.86. The van der Waals surface area contributed by atoms with Crippen LogP contribution in [0.5, 0.6) is 0 Å². The molecule has 0 bridgehead atoms. The summed E-state index contributed by atoms with van der Waals surface area (Å²) in [6, 6.07) is 0.330. The first-order chi connectivity index (χ1) is 9.80. The van der Waals surface area contributed by atoms with Crippen LogP contribution in [-0.2, 0) is 14.0 Å². The summed E-state index contributed by atoms with van der Waals surface area (Å²) in [6.07, 6.45) is 4.21. The van der Waals surface area contributed by atoms with E-state index < -0.39 is 7.12 Å². The molecule has 2 fully saturated rings. The summed E-state index contributed by atoms with van der Waals surface area (Å²) in [5.41, 5.74) is 0.120. The van der Waals surface area contributed by atoms with Crippen LogP contribution in [0.15, 0.2) is 10.9 Å². The van der Waals surface area contributed by atoms with Gasteiger partial charge in [0.1, 0.15) is 0 Å². The highest BCUT2D eigenvalue weighted by molar-refractivity contribution is 9.10. The van der Waals surface area contributed by atoms with Crippen LogP contribution in [0.2, 0.25) is 0 Å². The predicted molar refractivity (Wildman–Crippen MR) is 84.7 cm³/mol. The first-order valence-corrected chi connectivity index (χ1v) is 8.27. The standard InChI is InChI=1S/C14H22BBrN2O3/c1-13(2)14(3,4)21-15(20-13)11-8-18(12(16)17-11)10-6-5-7-19-9-10/h8,10H,5-7,9H2,1-4H3. The first kappa shape index (κ1) is 15.5. The average molecular weight is 357 g/mol. The fraction of sp³-hybridized carbons (Fsp3) is 0.786. The highest BCUT2D eigenvalue weighted by Gasteiger charge is 2.52. The second-order valence-electron chi connectivity index (χ2n) is 6.80. The van der Waals surface area contributed by atoms with Crippen LogP contribution in [0.1, 0.15) is 46.6 Å². The van der Waals surface area contributed by atoms with Crippen molar-refractivity contribution in [3.63, 3.8) is 0 Å². The van der Waals surface area contributed by atoms with Crippen LogP contribution in [-0.4, -0.2) is 41.1 Å². The van der Waals surface area contributed by atoms with Crippen LogP contribution >= 0.6 is 15.9 Å². The molecule has 1 aromatic rings. The maximum atomic E-state index is 6.06. The molecule has 0 spiro atoms. The van der Waals surface area contributed by atoms with Gasteiger partial charge in [-0.15, -0.1) is 0 Å². The summed E-state index contributed by atoms with van der Waals surface area (Å²) in [7, 11) is -0.419. The number of hydrogen-bond acceptors (Lipinski definition) is 4. The van der Waals surface area contributed by atoms with Gasteiger partial charge in [-0.05, 0) is 56.5 Å². The zero-order valence-corrected chi connectivity index (χ0v) is 14.6. The molecule has 0 aliphatic carbocycles. The van der Waals surface area contributed by atoms with Gasteiger partial charge < -0.3 is 18.6 Å². The molecule has 5 nitrogen and oxygen atoms in total. The second kappa shape index (κ2) is 5.37. The molecule has 7 heteroatoms. The normalized spacial score (nSPS) is 28.0.